The predicted molar refractivity (Wildman–Crippen MR) is 71.6 cm³/mol. The summed E-state index contributed by atoms with van der Waals surface area (Å²) in [6.45, 7) is 2.69. The first-order valence-electron chi connectivity index (χ1n) is 5.53. The summed E-state index contributed by atoms with van der Waals surface area (Å²) in [6, 6.07) is 6.18. The summed E-state index contributed by atoms with van der Waals surface area (Å²) < 4.78 is 5.40. The highest BCUT2D eigenvalue weighted by Crippen LogP contribution is 2.35. The molecule has 3 nitrogen and oxygen atoms in total. The largest absolute Gasteiger partial charge is 0.496 e. The minimum Gasteiger partial charge on any atom is -0.496 e. The molecule has 0 fully saturated rings. The Bertz CT molecular complexity index is 508. The molecule has 2 rings (SSSR count). The third-order valence-electron chi connectivity index (χ3n) is 2.62. The predicted octanol–water partition coefficient (Wildman–Crippen LogP) is 2.63. The lowest BCUT2D eigenvalue weighted by Gasteiger charge is -2.09. The Morgan fingerprint density at radius 1 is 1.41 bits per heavy atom. The summed E-state index contributed by atoms with van der Waals surface area (Å²) in [5, 5.41) is 0. The molecule has 4 heteroatoms. The summed E-state index contributed by atoms with van der Waals surface area (Å²) in [5.41, 5.74) is 10.8. The zero-order chi connectivity index (χ0) is 12.3. The van der Waals surface area contributed by atoms with Crippen LogP contribution in [0.3, 0.4) is 0 Å². The highest BCUT2D eigenvalue weighted by Gasteiger charge is 2.12. The number of ether oxygens (including phenoxy) is 1. The van der Waals surface area contributed by atoms with Crippen molar-refractivity contribution in [1.29, 1.82) is 0 Å². The molecule has 0 aliphatic rings. The number of benzene rings is 1. The SMILES string of the molecule is COc1ccc(C)cc1-c1scnc1CCN. The van der Waals surface area contributed by atoms with E-state index in [4.69, 9.17) is 10.5 Å². The molecule has 0 unspecified atom stereocenters. The molecule has 17 heavy (non-hydrogen) atoms. The Hall–Kier alpha value is -1.39. The molecule has 2 N–H and O–H groups in total. The van der Waals surface area contributed by atoms with Gasteiger partial charge >= 0.3 is 0 Å². The first-order valence-corrected chi connectivity index (χ1v) is 6.41. The fourth-order valence-electron chi connectivity index (χ4n) is 1.80. The smallest absolute Gasteiger partial charge is 0.127 e. The Balaban J connectivity index is 2.51. The highest BCUT2D eigenvalue weighted by atomic mass is 32.1. The van der Waals surface area contributed by atoms with Crippen LogP contribution in [0.15, 0.2) is 23.7 Å². The standard InChI is InChI=1S/C13H16N2OS/c1-9-3-4-12(16-2)10(7-9)13-11(5-6-14)15-8-17-13/h3-4,7-8H,5-6,14H2,1-2H3. The molecule has 90 valence electrons. The highest BCUT2D eigenvalue weighted by molar-refractivity contribution is 7.13. The molecule has 0 radical (unpaired) electrons. The summed E-state index contributed by atoms with van der Waals surface area (Å²) >= 11 is 1.63. The van der Waals surface area contributed by atoms with Crippen molar-refractivity contribution < 1.29 is 4.74 Å². The number of rotatable bonds is 4. The summed E-state index contributed by atoms with van der Waals surface area (Å²) in [5.74, 6) is 0.887. The minimum atomic E-state index is 0.616. The molecular formula is C13H16N2OS. The molecular weight excluding hydrogens is 232 g/mol. The van der Waals surface area contributed by atoms with Crippen LogP contribution >= 0.6 is 11.3 Å². The molecule has 2 aromatic rings. The molecule has 0 saturated heterocycles. The summed E-state index contributed by atoms with van der Waals surface area (Å²) in [6.07, 6.45) is 0.802. The van der Waals surface area contributed by atoms with E-state index in [0.29, 0.717) is 6.54 Å². The molecule has 0 aliphatic carbocycles. The second-order valence-electron chi connectivity index (χ2n) is 3.87. The van der Waals surface area contributed by atoms with Gasteiger partial charge in [0.25, 0.3) is 0 Å². The van der Waals surface area contributed by atoms with E-state index in [1.165, 1.54) is 5.56 Å². The van der Waals surface area contributed by atoms with E-state index < -0.39 is 0 Å². The molecule has 0 spiro atoms. The number of methoxy groups -OCH3 is 1. The van der Waals surface area contributed by atoms with Crippen molar-refractivity contribution in [3.8, 4) is 16.2 Å². The monoisotopic (exact) mass is 248 g/mol. The van der Waals surface area contributed by atoms with Crippen molar-refractivity contribution in [2.45, 2.75) is 13.3 Å². The van der Waals surface area contributed by atoms with E-state index in [1.54, 1.807) is 18.4 Å². The van der Waals surface area contributed by atoms with Crippen molar-refractivity contribution in [1.82, 2.24) is 4.98 Å². The topological polar surface area (TPSA) is 48.1 Å². The summed E-state index contributed by atoms with van der Waals surface area (Å²) in [7, 11) is 1.69. The van der Waals surface area contributed by atoms with Crippen molar-refractivity contribution in [3.05, 3.63) is 35.0 Å². The van der Waals surface area contributed by atoms with E-state index in [1.807, 2.05) is 17.6 Å². The second kappa shape index (κ2) is 5.29. The van der Waals surface area contributed by atoms with Gasteiger partial charge in [-0.25, -0.2) is 4.98 Å². The lowest BCUT2D eigenvalue weighted by Crippen LogP contribution is -2.04. The van der Waals surface area contributed by atoms with Gasteiger partial charge in [-0.3, -0.25) is 0 Å². The number of nitrogens with zero attached hydrogens (tertiary/aromatic N) is 1. The van der Waals surface area contributed by atoms with Gasteiger partial charge in [0.2, 0.25) is 0 Å². The molecule has 1 aromatic heterocycles. The van der Waals surface area contributed by atoms with Gasteiger partial charge in [0.05, 0.1) is 23.2 Å². The van der Waals surface area contributed by atoms with Crippen molar-refractivity contribution in [3.63, 3.8) is 0 Å². The number of hydrogen-bond donors (Lipinski definition) is 1. The normalized spacial score (nSPS) is 10.5. The van der Waals surface area contributed by atoms with E-state index >= 15 is 0 Å². The van der Waals surface area contributed by atoms with Gasteiger partial charge in [0.1, 0.15) is 5.75 Å². The van der Waals surface area contributed by atoms with Crippen LogP contribution < -0.4 is 10.5 Å². The van der Waals surface area contributed by atoms with E-state index in [2.05, 4.69) is 18.0 Å². The van der Waals surface area contributed by atoms with Crippen LogP contribution in [0.2, 0.25) is 0 Å². The Morgan fingerprint density at radius 2 is 2.24 bits per heavy atom. The number of hydrogen-bond acceptors (Lipinski definition) is 4. The van der Waals surface area contributed by atoms with Gasteiger partial charge in [-0.15, -0.1) is 11.3 Å². The molecule has 1 heterocycles. The van der Waals surface area contributed by atoms with Crippen LogP contribution in [-0.2, 0) is 6.42 Å². The lowest BCUT2D eigenvalue weighted by molar-refractivity contribution is 0.416. The molecule has 0 aliphatic heterocycles. The number of thiazole rings is 1. The first kappa shape index (κ1) is 12.1. The maximum Gasteiger partial charge on any atom is 0.127 e. The average Bonchev–Trinajstić information content (AvgIpc) is 2.77. The minimum absolute atomic E-state index is 0.616. The van der Waals surface area contributed by atoms with Gasteiger partial charge in [-0.05, 0) is 25.6 Å². The van der Waals surface area contributed by atoms with E-state index in [9.17, 15) is 0 Å². The van der Waals surface area contributed by atoms with Gasteiger partial charge in [-0.2, -0.15) is 0 Å². The molecule has 0 bridgehead atoms. The molecule has 0 atom stereocenters. The fourth-order valence-corrected chi connectivity index (χ4v) is 2.66. The zero-order valence-electron chi connectivity index (χ0n) is 10.1. The Kier molecular flexibility index (Phi) is 3.76. The van der Waals surface area contributed by atoms with Gasteiger partial charge in [0, 0.05) is 12.0 Å². The third kappa shape index (κ3) is 2.48. The van der Waals surface area contributed by atoms with Crippen LogP contribution in [0.5, 0.6) is 5.75 Å². The maximum absolute atomic E-state index is 5.60. The van der Waals surface area contributed by atoms with Crippen LogP contribution in [0, 0.1) is 6.92 Å². The third-order valence-corrected chi connectivity index (χ3v) is 3.52. The van der Waals surface area contributed by atoms with Crippen LogP contribution in [0.25, 0.3) is 10.4 Å². The fraction of sp³-hybridized carbons (Fsp3) is 0.308. The average molecular weight is 248 g/mol. The number of aromatic nitrogens is 1. The summed E-state index contributed by atoms with van der Waals surface area (Å²) in [4.78, 5) is 5.53. The lowest BCUT2D eigenvalue weighted by atomic mass is 10.1. The zero-order valence-corrected chi connectivity index (χ0v) is 10.9. The quantitative estimate of drug-likeness (QED) is 0.904. The molecule has 0 saturated carbocycles. The molecule has 1 aromatic carbocycles. The van der Waals surface area contributed by atoms with Crippen LogP contribution in [0.4, 0.5) is 0 Å². The Morgan fingerprint density at radius 3 is 2.94 bits per heavy atom. The second-order valence-corrected chi connectivity index (χ2v) is 4.73. The van der Waals surface area contributed by atoms with Gasteiger partial charge < -0.3 is 10.5 Å². The number of nitrogens with two attached hydrogens (primary N) is 1. The van der Waals surface area contributed by atoms with Crippen molar-refractivity contribution in [2.75, 3.05) is 13.7 Å². The first-order chi connectivity index (χ1) is 8.26. The van der Waals surface area contributed by atoms with E-state index in [0.717, 1.165) is 28.3 Å². The molecule has 0 amide bonds. The van der Waals surface area contributed by atoms with Gasteiger partial charge in [-0.1, -0.05) is 11.6 Å². The maximum atomic E-state index is 5.60. The van der Waals surface area contributed by atoms with Crippen molar-refractivity contribution in [2.24, 2.45) is 5.73 Å². The Labute approximate surface area is 105 Å². The van der Waals surface area contributed by atoms with Gasteiger partial charge in [0.15, 0.2) is 0 Å². The van der Waals surface area contributed by atoms with Crippen LogP contribution in [0.1, 0.15) is 11.3 Å². The van der Waals surface area contributed by atoms with E-state index in [-0.39, 0.29) is 0 Å². The van der Waals surface area contributed by atoms with Crippen molar-refractivity contribution >= 4 is 11.3 Å². The number of aryl methyl sites for hydroxylation is 1. The van der Waals surface area contributed by atoms with Crippen LogP contribution in [-0.4, -0.2) is 18.6 Å².